The Balaban J connectivity index is 4.75. The molecule has 0 aromatic heterocycles. The molecular formula is C4H6F3NO5S. The number of carboxylic acid groups (broad SMARTS) is 1. The Hall–Kier alpha value is -0.870. The van der Waals surface area contributed by atoms with Gasteiger partial charge < -0.3 is 10.2 Å². The van der Waals surface area contributed by atoms with Crippen LogP contribution in [0.3, 0.4) is 0 Å². The second-order valence-electron chi connectivity index (χ2n) is 2.14. The molecule has 0 fully saturated rings. The fourth-order valence-corrected chi connectivity index (χ4v) is 1.10. The van der Waals surface area contributed by atoms with Crippen molar-refractivity contribution >= 4 is 16.0 Å². The number of rotatable bonds is 4. The number of nitrogens with one attached hydrogen (secondary N) is 1. The van der Waals surface area contributed by atoms with Crippen LogP contribution in [0.2, 0.25) is 0 Å². The number of hydrogen-bond acceptors (Lipinski definition) is 4. The quantitative estimate of drug-likeness (QED) is 0.574. The standard InChI is InChI=1S/C4H6F3NO5S/c5-4(6,7)14(12,13)8-2(1-9)3(10)11/h2,8-9H,1H2,(H,10,11)/t2-/m1/s1. The van der Waals surface area contributed by atoms with Crippen molar-refractivity contribution in [1.29, 1.82) is 0 Å². The SMILES string of the molecule is O=C(O)[C@@H](CO)NS(=O)(=O)C(F)(F)F. The maximum Gasteiger partial charge on any atom is 0.511 e. The second-order valence-corrected chi connectivity index (χ2v) is 3.85. The van der Waals surface area contributed by atoms with Crippen LogP contribution in [-0.2, 0) is 14.8 Å². The van der Waals surface area contributed by atoms with Crippen LogP contribution in [0.4, 0.5) is 13.2 Å². The minimum atomic E-state index is -5.74. The van der Waals surface area contributed by atoms with Crippen LogP contribution >= 0.6 is 0 Å². The first-order valence-electron chi connectivity index (χ1n) is 3.04. The monoisotopic (exact) mass is 237 g/mol. The van der Waals surface area contributed by atoms with E-state index in [1.165, 1.54) is 0 Å². The third-order valence-corrected chi connectivity index (χ3v) is 2.29. The van der Waals surface area contributed by atoms with Crippen LogP contribution in [0.15, 0.2) is 0 Å². The number of aliphatic hydroxyl groups is 1. The first-order valence-corrected chi connectivity index (χ1v) is 4.52. The van der Waals surface area contributed by atoms with Gasteiger partial charge in [-0.1, -0.05) is 0 Å². The number of carboxylic acids is 1. The number of aliphatic hydroxyl groups excluding tert-OH is 1. The molecule has 0 saturated carbocycles. The van der Waals surface area contributed by atoms with E-state index in [1.807, 2.05) is 0 Å². The highest BCUT2D eigenvalue weighted by Crippen LogP contribution is 2.21. The third kappa shape index (κ3) is 3.12. The minimum absolute atomic E-state index is 0.780. The van der Waals surface area contributed by atoms with Crippen molar-refractivity contribution < 1.29 is 36.6 Å². The molecule has 0 bridgehead atoms. The van der Waals surface area contributed by atoms with Crippen LogP contribution in [-0.4, -0.2) is 42.8 Å². The minimum Gasteiger partial charge on any atom is -0.480 e. The average Bonchev–Trinajstić information content (AvgIpc) is 1.97. The van der Waals surface area contributed by atoms with Crippen molar-refractivity contribution in [2.45, 2.75) is 11.6 Å². The average molecular weight is 237 g/mol. The number of aliphatic carboxylic acids is 1. The summed E-state index contributed by atoms with van der Waals surface area (Å²) in [4.78, 5) is 10.1. The van der Waals surface area contributed by atoms with Gasteiger partial charge in [-0.2, -0.15) is 17.9 Å². The highest BCUT2D eigenvalue weighted by atomic mass is 32.2. The molecule has 0 aliphatic carbocycles. The number of carbonyl (C=O) groups is 1. The fraction of sp³-hybridized carbons (Fsp3) is 0.750. The lowest BCUT2D eigenvalue weighted by atomic mass is 10.3. The Morgan fingerprint density at radius 1 is 1.43 bits per heavy atom. The first kappa shape index (κ1) is 13.1. The third-order valence-electron chi connectivity index (χ3n) is 1.08. The fourth-order valence-electron chi connectivity index (χ4n) is 0.420. The number of hydrogen-bond donors (Lipinski definition) is 3. The molecule has 0 aliphatic rings. The molecule has 0 amide bonds. The molecule has 0 heterocycles. The molecule has 0 unspecified atom stereocenters. The summed E-state index contributed by atoms with van der Waals surface area (Å²) in [6.07, 6.45) is 0. The summed E-state index contributed by atoms with van der Waals surface area (Å²) in [6.45, 7) is -1.27. The van der Waals surface area contributed by atoms with Gasteiger partial charge in [-0.3, -0.25) is 4.79 Å². The van der Waals surface area contributed by atoms with E-state index in [9.17, 15) is 26.4 Å². The number of alkyl halides is 3. The highest BCUT2D eigenvalue weighted by Gasteiger charge is 2.47. The van der Waals surface area contributed by atoms with E-state index >= 15 is 0 Å². The lowest BCUT2D eigenvalue weighted by Gasteiger charge is -2.13. The van der Waals surface area contributed by atoms with E-state index in [2.05, 4.69) is 0 Å². The van der Waals surface area contributed by atoms with Crippen molar-refractivity contribution in [1.82, 2.24) is 4.72 Å². The van der Waals surface area contributed by atoms with E-state index in [1.54, 1.807) is 0 Å². The van der Waals surface area contributed by atoms with Crippen molar-refractivity contribution in [2.24, 2.45) is 0 Å². The normalized spacial score (nSPS) is 15.1. The predicted molar refractivity (Wildman–Crippen MR) is 36.6 cm³/mol. The van der Waals surface area contributed by atoms with Gasteiger partial charge in [0.15, 0.2) is 0 Å². The molecule has 0 saturated heterocycles. The van der Waals surface area contributed by atoms with Crippen LogP contribution in [0, 0.1) is 0 Å². The molecule has 0 spiro atoms. The van der Waals surface area contributed by atoms with E-state index in [0.717, 1.165) is 4.72 Å². The lowest BCUT2D eigenvalue weighted by molar-refractivity contribution is -0.140. The van der Waals surface area contributed by atoms with Gasteiger partial charge >= 0.3 is 21.5 Å². The summed E-state index contributed by atoms with van der Waals surface area (Å²) in [5.41, 5.74) is -5.60. The topological polar surface area (TPSA) is 104 Å². The first-order chi connectivity index (χ1) is 6.12. The molecule has 0 rings (SSSR count). The molecule has 0 radical (unpaired) electrons. The smallest absolute Gasteiger partial charge is 0.480 e. The van der Waals surface area contributed by atoms with Gasteiger partial charge in [-0.05, 0) is 0 Å². The predicted octanol–water partition coefficient (Wildman–Crippen LogP) is -1.13. The molecule has 6 nitrogen and oxygen atoms in total. The molecule has 10 heteroatoms. The molecule has 3 N–H and O–H groups in total. The Labute approximate surface area is 76.4 Å². The Morgan fingerprint density at radius 3 is 2.07 bits per heavy atom. The van der Waals surface area contributed by atoms with Crippen molar-refractivity contribution in [2.75, 3.05) is 6.61 Å². The number of halogens is 3. The van der Waals surface area contributed by atoms with E-state index in [0.29, 0.717) is 0 Å². The van der Waals surface area contributed by atoms with E-state index < -0.39 is 34.1 Å². The largest absolute Gasteiger partial charge is 0.511 e. The van der Waals surface area contributed by atoms with Gasteiger partial charge in [-0.15, -0.1) is 0 Å². The molecule has 14 heavy (non-hydrogen) atoms. The van der Waals surface area contributed by atoms with Gasteiger partial charge in [0.2, 0.25) is 0 Å². The molecular weight excluding hydrogens is 231 g/mol. The van der Waals surface area contributed by atoms with Crippen LogP contribution in [0.5, 0.6) is 0 Å². The van der Waals surface area contributed by atoms with Crippen molar-refractivity contribution in [3.05, 3.63) is 0 Å². The zero-order valence-corrected chi connectivity index (χ0v) is 7.26. The summed E-state index contributed by atoms with van der Waals surface area (Å²) in [6, 6.07) is -2.21. The van der Waals surface area contributed by atoms with Crippen LogP contribution < -0.4 is 4.72 Å². The maximum absolute atomic E-state index is 11.7. The second kappa shape index (κ2) is 4.11. The van der Waals surface area contributed by atoms with E-state index in [-0.39, 0.29) is 0 Å². The summed E-state index contributed by atoms with van der Waals surface area (Å²) >= 11 is 0. The van der Waals surface area contributed by atoms with Gasteiger partial charge in [0.25, 0.3) is 0 Å². The summed E-state index contributed by atoms with van der Waals surface area (Å²) in [7, 11) is -5.74. The Bertz CT molecular complexity index is 309. The lowest BCUT2D eigenvalue weighted by Crippen LogP contribution is -2.48. The molecule has 0 aliphatic heterocycles. The van der Waals surface area contributed by atoms with E-state index in [4.69, 9.17) is 10.2 Å². The summed E-state index contributed by atoms with van der Waals surface area (Å²) in [5, 5.41) is 16.4. The summed E-state index contributed by atoms with van der Waals surface area (Å²) in [5.74, 6) is -1.90. The van der Waals surface area contributed by atoms with Gasteiger partial charge in [0.05, 0.1) is 6.61 Å². The van der Waals surface area contributed by atoms with Crippen LogP contribution in [0.25, 0.3) is 0 Å². The molecule has 1 atom stereocenters. The van der Waals surface area contributed by atoms with Crippen LogP contribution in [0.1, 0.15) is 0 Å². The van der Waals surface area contributed by atoms with Gasteiger partial charge in [0.1, 0.15) is 6.04 Å². The van der Waals surface area contributed by atoms with Gasteiger partial charge in [-0.25, -0.2) is 8.42 Å². The maximum atomic E-state index is 11.7. The number of sulfonamides is 1. The zero-order valence-electron chi connectivity index (χ0n) is 6.45. The summed E-state index contributed by atoms with van der Waals surface area (Å²) < 4.78 is 56.4. The van der Waals surface area contributed by atoms with Crippen molar-refractivity contribution in [3.63, 3.8) is 0 Å². The van der Waals surface area contributed by atoms with Gasteiger partial charge in [0, 0.05) is 0 Å². The van der Waals surface area contributed by atoms with Crippen molar-refractivity contribution in [3.8, 4) is 0 Å². The Kier molecular flexibility index (Phi) is 3.85. The highest BCUT2D eigenvalue weighted by molar-refractivity contribution is 7.90. The molecule has 84 valence electrons. The molecule has 0 aromatic carbocycles. The molecule has 0 aromatic rings. The zero-order chi connectivity index (χ0) is 11.6. The Morgan fingerprint density at radius 2 is 1.86 bits per heavy atom.